The van der Waals surface area contributed by atoms with Gasteiger partial charge in [0.15, 0.2) is 0 Å². The Kier molecular flexibility index (Phi) is 4.77. The largest absolute Gasteiger partial charge is 0.490 e. The first kappa shape index (κ1) is 18.9. The third-order valence-corrected chi connectivity index (χ3v) is 6.35. The lowest BCUT2D eigenvalue weighted by atomic mass is 9.94. The molecular weight excluding hydrogens is 378 g/mol. The van der Waals surface area contributed by atoms with Crippen LogP contribution in [0.5, 0.6) is 5.75 Å². The lowest BCUT2D eigenvalue weighted by Crippen LogP contribution is -2.29. The fourth-order valence-electron chi connectivity index (χ4n) is 4.71. The number of nitrogens with zero attached hydrogens (tertiary/aromatic N) is 2. The molecule has 1 aliphatic carbocycles. The number of aromatic amines is 1. The van der Waals surface area contributed by atoms with Crippen LogP contribution in [-0.4, -0.2) is 27.8 Å². The highest BCUT2D eigenvalue weighted by Gasteiger charge is 2.46. The van der Waals surface area contributed by atoms with Crippen molar-refractivity contribution in [3.05, 3.63) is 54.4 Å². The van der Waals surface area contributed by atoms with E-state index >= 15 is 0 Å². The summed E-state index contributed by atoms with van der Waals surface area (Å²) in [6.07, 6.45) is 7.86. The highest BCUT2D eigenvalue weighted by molar-refractivity contribution is 6.44. The van der Waals surface area contributed by atoms with Crippen LogP contribution in [0.4, 0.5) is 5.69 Å². The highest BCUT2D eigenvalue weighted by atomic mass is 16.5. The van der Waals surface area contributed by atoms with E-state index in [4.69, 9.17) is 4.74 Å². The molecule has 0 bridgehead atoms. The number of carbonyl (C=O) groups excluding carboxylic acids is 2. The van der Waals surface area contributed by atoms with Gasteiger partial charge in [0.1, 0.15) is 5.75 Å². The lowest BCUT2D eigenvalue weighted by Gasteiger charge is -2.27. The molecule has 0 radical (unpaired) electrons. The van der Waals surface area contributed by atoms with Gasteiger partial charge in [-0.3, -0.25) is 14.5 Å². The van der Waals surface area contributed by atoms with E-state index in [2.05, 4.69) is 9.97 Å². The van der Waals surface area contributed by atoms with Gasteiger partial charge in [0.2, 0.25) is 5.78 Å². The van der Waals surface area contributed by atoms with Crippen LogP contribution in [0.25, 0.3) is 11.0 Å². The first-order valence-electron chi connectivity index (χ1n) is 10.7. The fourth-order valence-corrected chi connectivity index (χ4v) is 4.71. The van der Waals surface area contributed by atoms with Crippen molar-refractivity contribution in [2.75, 3.05) is 4.90 Å². The molecule has 1 amide bonds. The molecule has 1 aromatic heterocycles. The Balaban J connectivity index is 1.44. The predicted octanol–water partition coefficient (Wildman–Crippen LogP) is 4.57. The van der Waals surface area contributed by atoms with Crippen molar-refractivity contribution in [1.29, 1.82) is 0 Å². The minimum atomic E-state index is -0.464. The molecule has 0 spiro atoms. The smallest absolute Gasteiger partial charge is 0.295 e. The summed E-state index contributed by atoms with van der Waals surface area (Å²) < 4.78 is 6.13. The Hall–Kier alpha value is -3.15. The summed E-state index contributed by atoms with van der Waals surface area (Å²) >= 11 is 0. The Labute approximate surface area is 175 Å². The number of ketones is 1. The van der Waals surface area contributed by atoms with E-state index in [1.165, 1.54) is 19.3 Å². The molecule has 2 atom stereocenters. The van der Waals surface area contributed by atoms with Crippen molar-refractivity contribution in [2.45, 2.75) is 51.2 Å². The molecule has 6 nitrogen and oxygen atoms in total. The zero-order chi connectivity index (χ0) is 20.7. The second-order valence-electron chi connectivity index (χ2n) is 8.32. The summed E-state index contributed by atoms with van der Waals surface area (Å²) in [4.78, 5) is 34.3. The van der Waals surface area contributed by atoms with Crippen LogP contribution >= 0.6 is 0 Å². The van der Waals surface area contributed by atoms with Crippen molar-refractivity contribution in [2.24, 2.45) is 5.92 Å². The van der Waals surface area contributed by atoms with Crippen molar-refractivity contribution < 1.29 is 14.3 Å². The Bertz CT molecular complexity index is 1080. The van der Waals surface area contributed by atoms with Crippen LogP contribution in [0.2, 0.25) is 0 Å². The van der Waals surface area contributed by atoms with E-state index in [9.17, 15) is 9.59 Å². The van der Waals surface area contributed by atoms with Crippen molar-refractivity contribution in [3.63, 3.8) is 0 Å². The first-order valence-corrected chi connectivity index (χ1v) is 10.7. The van der Waals surface area contributed by atoms with Crippen LogP contribution in [0.1, 0.15) is 50.6 Å². The van der Waals surface area contributed by atoms with Crippen LogP contribution in [0.3, 0.4) is 0 Å². The zero-order valence-corrected chi connectivity index (χ0v) is 17.0. The molecule has 2 aliphatic rings. The van der Waals surface area contributed by atoms with E-state index in [1.807, 2.05) is 49.4 Å². The number of ether oxygens (including phenoxy) is 1. The molecule has 1 saturated carbocycles. The molecule has 154 valence electrons. The van der Waals surface area contributed by atoms with Gasteiger partial charge in [-0.15, -0.1) is 0 Å². The number of anilines is 1. The van der Waals surface area contributed by atoms with Gasteiger partial charge in [-0.2, -0.15) is 0 Å². The van der Waals surface area contributed by atoms with Crippen molar-refractivity contribution in [3.8, 4) is 5.75 Å². The number of Topliss-reactive ketones (excluding diaryl/α,β-unsaturated/α-hetero) is 1. The summed E-state index contributed by atoms with van der Waals surface area (Å²) in [6, 6.07) is 13.1. The number of benzene rings is 2. The van der Waals surface area contributed by atoms with E-state index in [-0.39, 0.29) is 17.9 Å². The van der Waals surface area contributed by atoms with Gasteiger partial charge < -0.3 is 9.72 Å². The van der Waals surface area contributed by atoms with Gasteiger partial charge in [0.25, 0.3) is 5.91 Å². The average molecular weight is 403 g/mol. The number of hydrogen-bond donors (Lipinski definition) is 1. The normalized spacial score (nSPS) is 22.8. The predicted molar refractivity (Wildman–Crippen MR) is 114 cm³/mol. The summed E-state index contributed by atoms with van der Waals surface area (Å²) in [6.45, 7) is 1.83. The molecule has 30 heavy (non-hydrogen) atoms. The average Bonchev–Trinajstić information content (AvgIpc) is 3.33. The van der Waals surface area contributed by atoms with E-state index in [1.54, 1.807) is 11.2 Å². The minimum absolute atomic E-state index is 0.288. The number of fused-ring (bicyclic) bond motifs is 1. The van der Waals surface area contributed by atoms with Gasteiger partial charge >= 0.3 is 0 Å². The summed E-state index contributed by atoms with van der Waals surface area (Å²) in [5.41, 5.74) is 3.29. The monoisotopic (exact) mass is 403 g/mol. The number of hydrogen-bond acceptors (Lipinski definition) is 4. The molecule has 1 N–H and O–H groups in total. The standard InChI is InChI=1S/C24H25N3O3/c1-15-22(16-7-10-19(11-8-16)30-18-5-3-2-4-6-18)27(24(29)23(15)28)17-9-12-20-21(13-17)26-14-25-20/h7-15,18,22H,2-6H2,1H3,(H,25,26). The van der Waals surface area contributed by atoms with Gasteiger partial charge in [0, 0.05) is 11.6 Å². The van der Waals surface area contributed by atoms with Crippen LogP contribution in [-0.2, 0) is 9.59 Å². The molecule has 2 heterocycles. The second-order valence-corrected chi connectivity index (χ2v) is 8.32. The number of imidazole rings is 1. The van der Waals surface area contributed by atoms with E-state index in [0.29, 0.717) is 5.69 Å². The van der Waals surface area contributed by atoms with Gasteiger partial charge in [-0.05, 0) is 61.6 Å². The molecule has 6 heteroatoms. The topological polar surface area (TPSA) is 75.3 Å². The van der Waals surface area contributed by atoms with Crippen molar-refractivity contribution in [1.82, 2.24) is 9.97 Å². The first-order chi connectivity index (χ1) is 14.6. The molecule has 2 unspecified atom stereocenters. The maximum absolute atomic E-state index is 12.8. The Morgan fingerprint density at radius 1 is 1.03 bits per heavy atom. The summed E-state index contributed by atoms with van der Waals surface area (Å²) in [5.74, 6) is -0.388. The summed E-state index contributed by atoms with van der Waals surface area (Å²) in [5, 5.41) is 0. The molecule has 1 saturated heterocycles. The van der Waals surface area contributed by atoms with Gasteiger partial charge in [0.05, 0.1) is 29.5 Å². The molecule has 5 rings (SSSR count). The number of nitrogens with one attached hydrogen (secondary N) is 1. The Morgan fingerprint density at radius 2 is 1.80 bits per heavy atom. The third-order valence-electron chi connectivity index (χ3n) is 6.35. The number of aromatic nitrogens is 2. The maximum Gasteiger partial charge on any atom is 0.295 e. The van der Waals surface area contributed by atoms with Crippen LogP contribution in [0, 0.1) is 5.92 Å². The summed E-state index contributed by atoms with van der Waals surface area (Å²) in [7, 11) is 0. The highest BCUT2D eigenvalue weighted by Crippen LogP contribution is 2.40. The van der Waals surface area contributed by atoms with E-state index < -0.39 is 11.8 Å². The van der Waals surface area contributed by atoms with Gasteiger partial charge in [-0.25, -0.2) is 4.98 Å². The van der Waals surface area contributed by atoms with Crippen LogP contribution in [0.15, 0.2) is 48.8 Å². The number of carbonyl (C=O) groups is 2. The van der Waals surface area contributed by atoms with Crippen molar-refractivity contribution >= 4 is 28.4 Å². The molecule has 1 aliphatic heterocycles. The minimum Gasteiger partial charge on any atom is -0.490 e. The molecule has 2 aromatic carbocycles. The molecule has 3 aromatic rings. The SMILES string of the molecule is CC1C(=O)C(=O)N(c2ccc3nc[nH]c3c2)C1c1ccc(OC2CCCCC2)cc1. The third kappa shape index (κ3) is 3.26. The molecule has 2 fully saturated rings. The Morgan fingerprint density at radius 3 is 2.57 bits per heavy atom. The van der Waals surface area contributed by atoms with Crippen LogP contribution < -0.4 is 9.64 Å². The molecular formula is C24H25N3O3. The second kappa shape index (κ2) is 7.59. The number of rotatable bonds is 4. The number of amides is 1. The van der Waals surface area contributed by atoms with E-state index in [0.717, 1.165) is 35.2 Å². The fraction of sp³-hybridized carbons (Fsp3) is 0.375. The van der Waals surface area contributed by atoms with Gasteiger partial charge in [-0.1, -0.05) is 25.5 Å². The number of H-pyrrole nitrogens is 1. The lowest BCUT2D eigenvalue weighted by molar-refractivity contribution is -0.135. The quantitative estimate of drug-likeness (QED) is 0.648. The maximum atomic E-state index is 12.8. The zero-order valence-electron chi connectivity index (χ0n) is 17.0.